The van der Waals surface area contributed by atoms with E-state index in [1.54, 1.807) is 24.3 Å². The van der Waals surface area contributed by atoms with Gasteiger partial charge in [-0.1, -0.05) is 29.8 Å². The molecule has 0 saturated heterocycles. The lowest BCUT2D eigenvalue weighted by atomic mass is 10.1. The molecule has 0 aliphatic carbocycles. The van der Waals surface area contributed by atoms with Crippen molar-refractivity contribution < 1.29 is 9.90 Å². The van der Waals surface area contributed by atoms with Crippen molar-refractivity contribution in [1.29, 1.82) is 0 Å². The smallest absolute Gasteiger partial charge is 0.326 e. The molecular weight excluding hydrogens is 199 g/mol. The van der Waals surface area contributed by atoms with Gasteiger partial charge < -0.3 is 5.11 Å². The van der Waals surface area contributed by atoms with E-state index >= 15 is 0 Å². The molecule has 0 bridgehead atoms. The van der Waals surface area contributed by atoms with Crippen LogP contribution in [0.5, 0.6) is 0 Å². The summed E-state index contributed by atoms with van der Waals surface area (Å²) in [6.45, 7) is 0. The van der Waals surface area contributed by atoms with Gasteiger partial charge in [-0.2, -0.15) is 0 Å². The summed E-state index contributed by atoms with van der Waals surface area (Å²) in [5, 5.41) is 7.87. The number of benzene rings is 1. The summed E-state index contributed by atoms with van der Waals surface area (Å²) in [5.74, 6) is -1.09. The van der Waals surface area contributed by atoms with Crippen molar-refractivity contribution in [3.63, 3.8) is 0 Å². The lowest BCUT2D eigenvalue weighted by Gasteiger charge is -2.05. The average Bonchev–Trinajstić information content (AvgIpc) is 2.04. The van der Waals surface area contributed by atoms with Crippen LogP contribution in [0.25, 0.3) is 0 Å². The van der Waals surface area contributed by atoms with Crippen LogP contribution in [0.2, 0.25) is 5.02 Å². The topological polar surface area (TPSA) is 37.3 Å². The van der Waals surface area contributed by atoms with Gasteiger partial charge in [0.2, 0.25) is 0 Å². The molecule has 0 heterocycles. The molecular formula is C8H6Cl2O2. The lowest BCUT2D eigenvalue weighted by Crippen LogP contribution is -2.05. The molecule has 0 fully saturated rings. The first-order valence-electron chi connectivity index (χ1n) is 3.24. The fraction of sp³-hybridized carbons (Fsp3) is 0.125. The van der Waals surface area contributed by atoms with Crippen molar-refractivity contribution in [3.05, 3.63) is 34.9 Å². The molecule has 12 heavy (non-hydrogen) atoms. The summed E-state index contributed by atoms with van der Waals surface area (Å²) in [4.78, 5) is 10.5. The second kappa shape index (κ2) is 3.78. The molecule has 4 heteroatoms. The number of hydrogen-bond acceptors (Lipinski definition) is 1. The molecule has 2 nitrogen and oxygen atoms in total. The Morgan fingerprint density at radius 1 is 1.42 bits per heavy atom. The van der Waals surface area contributed by atoms with E-state index in [1.165, 1.54) is 0 Å². The number of carbonyl (C=O) groups is 1. The zero-order valence-corrected chi connectivity index (χ0v) is 7.51. The maximum atomic E-state index is 10.5. The fourth-order valence-corrected chi connectivity index (χ4v) is 1.30. The first-order chi connectivity index (χ1) is 5.63. The number of hydrogen-bond donors (Lipinski definition) is 1. The molecule has 1 rings (SSSR count). The Morgan fingerprint density at radius 2 is 2.00 bits per heavy atom. The molecule has 0 spiro atoms. The minimum Gasteiger partial charge on any atom is -0.480 e. The van der Waals surface area contributed by atoms with E-state index in [0.29, 0.717) is 10.6 Å². The van der Waals surface area contributed by atoms with E-state index in [-0.39, 0.29) is 0 Å². The number of aliphatic carboxylic acids is 1. The average molecular weight is 205 g/mol. The normalized spacial score (nSPS) is 12.5. The molecule has 0 aliphatic heterocycles. The first-order valence-corrected chi connectivity index (χ1v) is 4.05. The molecule has 1 unspecified atom stereocenters. The second-order valence-electron chi connectivity index (χ2n) is 2.22. The van der Waals surface area contributed by atoms with Crippen LogP contribution >= 0.6 is 23.2 Å². The van der Waals surface area contributed by atoms with Crippen LogP contribution in [0.3, 0.4) is 0 Å². The van der Waals surface area contributed by atoms with E-state index < -0.39 is 11.3 Å². The van der Waals surface area contributed by atoms with Crippen LogP contribution in [0.1, 0.15) is 10.9 Å². The third kappa shape index (κ3) is 1.90. The zero-order chi connectivity index (χ0) is 9.14. The Hall–Kier alpha value is -0.730. The second-order valence-corrected chi connectivity index (χ2v) is 3.07. The van der Waals surface area contributed by atoms with Gasteiger partial charge in [0.15, 0.2) is 5.38 Å². The highest BCUT2D eigenvalue weighted by Crippen LogP contribution is 2.27. The van der Waals surface area contributed by atoms with E-state index in [4.69, 9.17) is 28.3 Å². The number of alkyl halides is 1. The predicted octanol–water partition coefficient (Wildman–Crippen LogP) is 2.70. The molecule has 1 aromatic carbocycles. The maximum absolute atomic E-state index is 10.5. The standard InChI is InChI=1S/C8H6Cl2O2/c9-6-4-2-1-3-5(6)7(10)8(11)12/h1-4,7H,(H,11,12). The quantitative estimate of drug-likeness (QED) is 0.753. The van der Waals surface area contributed by atoms with Crippen LogP contribution in [-0.2, 0) is 4.79 Å². The first kappa shape index (κ1) is 9.36. The molecule has 1 aromatic rings. The van der Waals surface area contributed by atoms with Gasteiger partial charge in [-0.25, -0.2) is 0 Å². The highest BCUT2D eigenvalue weighted by molar-refractivity contribution is 6.35. The van der Waals surface area contributed by atoms with E-state index in [1.807, 2.05) is 0 Å². The van der Waals surface area contributed by atoms with Crippen molar-refractivity contribution in [2.24, 2.45) is 0 Å². The summed E-state index contributed by atoms with van der Waals surface area (Å²) in [6.07, 6.45) is 0. The maximum Gasteiger partial charge on any atom is 0.326 e. The van der Waals surface area contributed by atoms with Crippen LogP contribution in [0.15, 0.2) is 24.3 Å². The molecule has 0 radical (unpaired) electrons. The van der Waals surface area contributed by atoms with Crippen molar-refractivity contribution in [2.75, 3.05) is 0 Å². The van der Waals surface area contributed by atoms with Crippen LogP contribution in [0, 0.1) is 0 Å². The zero-order valence-electron chi connectivity index (χ0n) is 6.00. The van der Waals surface area contributed by atoms with Gasteiger partial charge in [-0.05, 0) is 11.6 Å². The van der Waals surface area contributed by atoms with Gasteiger partial charge in [0.25, 0.3) is 0 Å². The van der Waals surface area contributed by atoms with E-state index in [0.717, 1.165) is 0 Å². The third-order valence-electron chi connectivity index (χ3n) is 1.40. The minimum absolute atomic E-state index is 0.375. The highest BCUT2D eigenvalue weighted by Gasteiger charge is 2.18. The molecule has 0 amide bonds. The SMILES string of the molecule is O=C(O)C(Cl)c1ccccc1Cl. The molecule has 0 aromatic heterocycles. The van der Waals surface area contributed by atoms with Gasteiger partial charge in [-0.15, -0.1) is 11.6 Å². The highest BCUT2D eigenvalue weighted by atomic mass is 35.5. The van der Waals surface area contributed by atoms with Gasteiger partial charge in [0, 0.05) is 5.02 Å². The predicted molar refractivity (Wildman–Crippen MR) is 47.7 cm³/mol. The summed E-state index contributed by atoms with van der Waals surface area (Å²) < 4.78 is 0. The summed E-state index contributed by atoms with van der Waals surface area (Å²) in [6, 6.07) is 6.61. The van der Waals surface area contributed by atoms with Crippen molar-refractivity contribution >= 4 is 29.2 Å². The number of carboxylic acids is 1. The van der Waals surface area contributed by atoms with E-state index in [9.17, 15) is 4.79 Å². The van der Waals surface area contributed by atoms with Gasteiger partial charge in [0.05, 0.1) is 0 Å². The van der Waals surface area contributed by atoms with Crippen LogP contribution < -0.4 is 0 Å². The summed E-state index contributed by atoms with van der Waals surface area (Å²) in [7, 11) is 0. The summed E-state index contributed by atoms with van der Waals surface area (Å²) >= 11 is 11.3. The third-order valence-corrected chi connectivity index (χ3v) is 2.16. The van der Waals surface area contributed by atoms with Gasteiger partial charge in [-0.3, -0.25) is 4.79 Å². The summed E-state index contributed by atoms with van der Waals surface area (Å²) in [5.41, 5.74) is 0.424. The molecule has 0 aliphatic rings. The minimum atomic E-state index is -1.09. The van der Waals surface area contributed by atoms with Crippen molar-refractivity contribution in [3.8, 4) is 0 Å². The number of halogens is 2. The van der Waals surface area contributed by atoms with Gasteiger partial charge >= 0.3 is 5.97 Å². The monoisotopic (exact) mass is 204 g/mol. The fourth-order valence-electron chi connectivity index (χ4n) is 0.814. The molecule has 1 N–H and O–H groups in total. The Balaban J connectivity index is 3.02. The molecule has 64 valence electrons. The largest absolute Gasteiger partial charge is 0.480 e. The van der Waals surface area contributed by atoms with E-state index in [2.05, 4.69) is 0 Å². The lowest BCUT2D eigenvalue weighted by molar-refractivity contribution is -0.136. The number of rotatable bonds is 2. The van der Waals surface area contributed by atoms with Crippen LogP contribution in [-0.4, -0.2) is 11.1 Å². The molecule has 0 saturated carbocycles. The van der Waals surface area contributed by atoms with Crippen molar-refractivity contribution in [1.82, 2.24) is 0 Å². The Labute approximate surface area is 79.7 Å². The Bertz CT molecular complexity index is 299. The Kier molecular flexibility index (Phi) is 2.95. The number of carboxylic acid groups (broad SMARTS) is 1. The molecule has 1 atom stereocenters. The van der Waals surface area contributed by atoms with Crippen LogP contribution in [0.4, 0.5) is 0 Å². The van der Waals surface area contributed by atoms with Gasteiger partial charge in [0.1, 0.15) is 0 Å². The van der Waals surface area contributed by atoms with Crippen molar-refractivity contribution in [2.45, 2.75) is 5.38 Å². The Morgan fingerprint density at radius 3 is 2.50 bits per heavy atom.